The lowest BCUT2D eigenvalue weighted by atomic mass is 10.0. The minimum atomic E-state index is -4.93. The second-order valence-corrected chi connectivity index (χ2v) is 5.49. The van der Waals surface area contributed by atoms with E-state index < -0.39 is 23.8 Å². The Morgan fingerprint density at radius 2 is 1.85 bits per heavy atom. The fourth-order valence-corrected chi connectivity index (χ4v) is 2.51. The molecule has 0 radical (unpaired) electrons. The Morgan fingerprint density at radius 3 is 2.48 bits per heavy atom. The fourth-order valence-electron chi connectivity index (χ4n) is 2.51. The van der Waals surface area contributed by atoms with Crippen LogP contribution in [0.3, 0.4) is 0 Å². The monoisotopic (exact) mass is 380 g/mol. The number of primary amides is 1. The van der Waals surface area contributed by atoms with Crippen molar-refractivity contribution >= 4 is 5.91 Å². The van der Waals surface area contributed by atoms with E-state index in [1.165, 1.54) is 42.1 Å². The van der Waals surface area contributed by atoms with Gasteiger partial charge in [0.1, 0.15) is 11.6 Å². The summed E-state index contributed by atoms with van der Waals surface area (Å²) in [6.07, 6.45) is -4.93. The van der Waals surface area contributed by atoms with Crippen LogP contribution < -0.4 is 10.5 Å². The van der Waals surface area contributed by atoms with Crippen molar-refractivity contribution in [3.8, 4) is 28.3 Å². The molecule has 10 heteroatoms. The molecule has 0 aliphatic heterocycles. The summed E-state index contributed by atoms with van der Waals surface area (Å²) in [6.45, 7) is 0. The van der Waals surface area contributed by atoms with Crippen LogP contribution >= 0.6 is 0 Å². The smallest absolute Gasteiger partial charge is 0.405 e. The molecule has 1 aromatic heterocycles. The van der Waals surface area contributed by atoms with E-state index in [4.69, 9.17) is 5.73 Å². The van der Waals surface area contributed by atoms with Crippen LogP contribution in [0.1, 0.15) is 10.6 Å². The summed E-state index contributed by atoms with van der Waals surface area (Å²) in [4.78, 5) is 15.2. The largest absolute Gasteiger partial charge is 0.573 e. The fraction of sp³-hybridized carbons (Fsp3) is 0.118. The molecule has 0 fully saturated rings. The van der Waals surface area contributed by atoms with E-state index >= 15 is 0 Å². The van der Waals surface area contributed by atoms with E-state index in [-0.39, 0.29) is 22.8 Å². The molecule has 3 rings (SSSR count). The van der Waals surface area contributed by atoms with E-state index in [1.807, 2.05) is 0 Å². The standard InChI is InChI=1S/C17H12F4N4O2/c1-25-16(23-15(24-25)14(22)26)9-6-7-12(18)11(8-9)10-4-2-3-5-13(10)27-17(19,20)21/h2-8H,1H3,(H2,22,26). The first-order valence-corrected chi connectivity index (χ1v) is 7.51. The molecule has 0 atom stereocenters. The van der Waals surface area contributed by atoms with Crippen LogP contribution in [0, 0.1) is 5.82 Å². The molecule has 0 saturated carbocycles. The molecule has 140 valence electrons. The number of carbonyl (C=O) groups is 1. The molecular weight excluding hydrogens is 368 g/mol. The van der Waals surface area contributed by atoms with Crippen LogP contribution in [0.15, 0.2) is 42.5 Å². The quantitative estimate of drug-likeness (QED) is 0.704. The summed E-state index contributed by atoms with van der Waals surface area (Å²) in [5.41, 5.74) is 5.25. The predicted octanol–water partition coefficient (Wildman–Crippen LogP) is 3.29. The van der Waals surface area contributed by atoms with Crippen LogP contribution in [0.25, 0.3) is 22.5 Å². The maximum Gasteiger partial charge on any atom is 0.573 e. The molecule has 27 heavy (non-hydrogen) atoms. The SMILES string of the molecule is Cn1nc(C(N)=O)nc1-c1ccc(F)c(-c2ccccc2OC(F)(F)F)c1. The highest BCUT2D eigenvalue weighted by molar-refractivity contribution is 5.89. The van der Waals surface area contributed by atoms with Crippen LogP contribution in [-0.4, -0.2) is 27.0 Å². The molecule has 2 N–H and O–H groups in total. The van der Waals surface area contributed by atoms with Crippen molar-refractivity contribution < 1.29 is 27.1 Å². The molecule has 0 spiro atoms. The zero-order chi connectivity index (χ0) is 19.8. The van der Waals surface area contributed by atoms with E-state index in [2.05, 4.69) is 14.8 Å². The third kappa shape index (κ3) is 3.89. The highest BCUT2D eigenvalue weighted by Gasteiger charge is 2.32. The number of rotatable bonds is 4. The summed E-state index contributed by atoms with van der Waals surface area (Å²) in [6, 6.07) is 8.92. The Labute approximate surface area is 150 Å². The van der Waals surface area contributed by atoms with Gasteiger partial charge < -0.3 is 10.5 Å². The molecule has 2 aromatic carbocycles. The van der Waals surface area contributed by atoms with Crippen molar-refractivity contribution in [3.63, 3.8) is 0 Å². The van der Waals surface area contributed by atoms with Crippen molar-refractivity contribution in [1.82, 2.24) is 14.8 Å². The number of aryl methyl sites for hydroxylation is 1. The average molecular weight is 380 g/mol. The molecule has 0 unspecified atom stereocenters. The van der Waals surface area contributed by atoms with Crippen molar-refractivity contribution in [2.24, 2.45) is 12.8 Å². The van der Waals surface area contributed by atoms with Gasteiger partial charge in [-0.15, -0.1) is 18.3 Å². The molecule has 1 amide bonds. The van der Waals surface area contributed by atoms with Crippen LogP contribution in [0.4, 0.5) is 17.6 Å². The Morgan fingerprint density at radius 1 is 1.15 bits per heavy atom. The van der Waals surface area contributed by atoms with Gasteiger partial charge in [0.05, 0.1) is 0 Å². The molecule has 3 aromatic rings. The summed E-state index contributed by atoms with van der Waals surface area (Å²) in [7, 11) is 1.50. The number of para-hydroxylation sites is 1. The molecule has 6 nitrogen and oxygen atoms in total. The van der Waals surface area contributed by atoms with Gasteiger partial charge in [0.2, 0.25) is 5.82 Å². The first kappa shape index (κ1) is 18.4. The summed E-state index contributed by atoms with van der Waals surface area (Å²) in [5.74, 6) is -2.19. The number of nitrogens with zero attached hydrogens (tertiary/aromatic N) is 3. The van der Waals surface area contributed by atoms with Gasteiger partial charge in [-0.1, -0.05) is 18.2 Å². The predicted molar refractivity (Wildman–Crippen MR) is 87.0 cm³/mol. The highest BCUT2D eigenvalue weighted by Crippen LogP contribution is 2.36. The number of hydrogen-bond acceptors (Lipinski definition) is 4. The normalized spacial score (nSPS) is 11.4. The summed E-state index contributed by atoms with van der Waals surface area (Å²) >= 11 is 0. The van der Waals surface area contributed by atoms with Gasteiger partial charge in [0.15, 0.2) is 5.82 Å². The molecule has 0 aliphatic rings. The first-order chi connectivity index (χ1) is 12.7. The molecule has 0 aliphatic carbocycles. The Hall–Kier alpha value is -3.43. The number of amides is 1. The second-order valence-electron chi connectivity index (χ2n) is 5.49. The zero-order valence-corrected chi connectivity index (χ0v) is 13.8. The lowest BCUT2D eigenvalue weighted by molar-refractivity contribution is -0.274. The number of halogens is 4. The summed E-state index contributed by atoms with van der Waals surface area (Å²) in [5, 5.41) is 3.84. The number of benzene rings is 2. The second kappa shape index (κ2) is 6.71. The van der Waals surface area contributed by atoms with E-state index in [9.17, 15) is 22.4 Å². The van der Waals surface area contributed by atoms with Gasteiger partial charge in [-0.3, -0.25) is 4.79 Å². The lowest BCUT2D eigenvalue weighted by Crippen LogP contribution is -2.17. The lowest BCUT2D eigenvalue weighted by Gasteiger charge is -2.14. The number of nitrogens with two attached hydrogens (primary N) is 1. The number of hydrogen-bond donors (Lipinski definition) is 1. The maximum atomic E-state index is 14.4. The average Bonchev–Trinajstić information content (AvgIpc) is 2.97. The van der Waals surface area contributed by atoms with Crippen LogP contribution in [-0.2, 0) is 7.05 Å². The maximum absolute atomic E-state index is 14.4. The molecule has 1 heterocycles. The van der Waals surface area contributed by atoms with Crippen LogP contribution in [0.5, 0.6) is 5.75 Å². The minimum absolute atomic E-state index is 0.0912. The van der Waals surface area contributed by atoms with Gasteiger partial charge in [0, 0.05) is 23.7 Å². The van der Waals surface area contributed by atoms with Gasteiger partial charge in [-0.05, 0) is 24.3 Å². The number of alkyl halides is 3. The third-order valence-corrected chi connectivity index (χ3v) is 3.61. The molecule has 0 saturated heterocycles. The van der Waals surface area contributed by atoms with E-state index in [1.54, 1.807) is 0 Å². The highest BCUT2D eigenvalue weighted by atomic mass is 19.4. The molecular formula is C17H12F4N4O2. The van der Waals surface area contributed by atoms with E-state index in [0.29, 0.717) is 5.56 Å². The van der Waals surface area contributed by atoms with Gasteiger partial charge in [0.25, 0.3) is 5.91 Å². The first-order valence-electron chi connectivity index (χ1n) is 7.51. The van der Waals surface area contributed by atoms with Crippen LogP contribution in [0.2, 0.25) is 0 Å². The number of aromatic nitrogens is 3. The van der Waals surface area contributed by atoms with Gasteiger partial charge in [-0.2, -0.15) is 0 Å². The van der Waals surface area contributed by atoms with Crippen molar-refractivity contribution in [2.75, 3.05) is 0 Å². The Balaban J connectivity index is 2.12. The number of ether oxygens (including phenoxy) is 1. The third-order valence-electron chi connectivity index (χ3n) is 3.61. The molecule has 0 bridgehead atoms. The Bertz CT molecular complexity index is 1010. The van der Waals surface area contributed by atoms with Crippen molar-refractivity contribution in [3.05, 3.63) is 54.1 Å². The topological polar surface area (TPSA) is 83.0 Å². The number of carbonyl (C=O) groups excluding carboxylic acids is 1. The summed E-state index contributed by atoms with van der Waals surface area (Å²) < 4.78 is 57.5. The minimum Gasteiger partial charge on any atom is -0.405 e. The van der Waals surface area contributed by atoms with Gasteiger partial charge >= 0.3 is 6.36 Å². The van der Waals surface area contributed by atoms with E-state index in [0.717, 1.165) is 12.1 Å². The van der Waals surface area contributed by atoms with Gasteiger partial charge in [-0.25, -0.2) is 14.1 Å². The zero-order valence-electron chi connectivity index (χ0n) is 13.8. The Kier molecular flexibility index (Phi) is 4.56. The van der Waals surface area contributed by atoms with Crippen molar-refractivity contribution in [2.45, 2.75) is 6.36 Å². The van der Waals surface area contributed by atoms with Crippen molar-refractivity contribution in [1.29, 1.82) is 0 Å².